The fourth-order valence-corrected chi connectivity index (χ4v) is 1.85. The number of hydrogen-bond acceptors (Lipinski definition) is 2. The maximum atomic E-state index is 13.6. The average Bonchev–Trinajstić information content (AvgIpc) is 2.43. The van der Waals surface area contributed by atoms with Crippen molar-refractivity contribution >= 4 is 0 Å². The molecule has 0 unspecified atom stereocenters. The minimum absolute atomic E-state index is 0.177. The Labute approximate surface area is 89.4 Å². The van der Waals surface area contributed by atoms with E-state index >= 15 is 0 Å². The van der Waals surface area contributed by atoms with Crippen LogP contribution in [0.2, 0.25) is 0 Å². The molecule has 0 spiro atoms. The lowest BCUT2D eigenvalue weighted by molar-refractivity contribution is 0.320. The summed E-state index contributed by atoms with van der Waals surface area (Å²) in [5, 5.41) is 3.15. The molecule has 82 valence electrons. The summed E-state index contributed by atoms with van der Waals surface area (Å²) < 4.78 is 19.2. The Bertz CT molecular complexity index is 363. The second-order valence-corrected chi connectivity index (χ2v) is 4.12. The molecule has 0 fully saturated rings. The number of hydrogen-bond donors (Lipinski definition) is 1. The van der Waals surface area contributed by atoms with Crippen LogP contribution in [0.3, 0.4) is 0 Å². The number of benzene rings is 1. The quantitative estimate of drug-likeness (QED) is 0.767. The van der Waals surface area contributed by atoms with Gasteiger partial charge in [-0.2, -0.15) is 0 Å². The van der Waals surface area contributed by atoms with Gasteiger partial charge in [-0.15, -0.1) is 0 Å². The maximum absolute atomic E-state index is 13.6. The average molecular weight is 209 g/mol. The summed E-state index contributed by atoms with van der Waals surface area (Å²) >= 11 is 0. The van der Waals surface area contributed by atoms with Crippen molar-refractivity contribution in [2.24, 2.45) is 0 Å². The predicted octanol–water partition coefficient (Wildman–Crippen LogP) is 2.43. The lowest BCUT2D eigenvalue weighted by atomic mass is 9.98. The van der Waals surface area contributed by atoms with Gasteiger partial charge in [0.15, 0.2) is 0 Å². The first-order chi connectivity index (χ1) is 7.20. The second kappa shape index (κ2) is 4.19. The lowest BCUT2D eigenvalue weighted by Gasteiger charge is -2.15. The van der Waals surface area contributed by atoms with E-state index in [-0.39, 0.29) is 5.82 Å². The second-order valence-electron chi connectivity index (χ2n) is 4.12. The van der Waals surface area contributed by atoms with Crippen molar-refractivity contribution in [3.63, 3.8) is 0 Å². The molecular weight excluding hydrogens is 193 g/mol. The molecule has 2 rings (SSSR count). The van der Waals surface area contributed by atoms with Gasteiger partial charge in [0.1, 0.15) is 18.2 Å². The highest BCUT2D eigenvalue weighted by molar-refractivity contribution is 5.44. The molecule has 0 radical (unpaired) electrons. The van der Waals surface area contributed by atoms with Gasteiger partial charge in [0.25, 0.3) is 0 Å². The Morgan fingerprint density at radius 1 is 1.40 bits per heavy atom. The zero-order valence-electron chi connectivity index (χ0n) is 9.14. The molecule has 1 aliphatic heterocycles. The molecule has 1 aliphatic rings. The molecule has 0 amide bonds. The van der Waals surface area contributed by atoms with E-state index in [1.54, 1.807) is 0 Å². The maximum Gasteiger partial charge on any atom is 0.131 e. The molecule has 0 bridgehead atoms. The molecule has 0 saturated carbocycles. The first-order valence-electron chi connectivity index (χ1n) is 5.35. The normalized spacial score (nSPS) is 15.7. The minimum atomic E-state index is -0.177. The smallest absolute Gasteiger partial charge is 0.131 e. The van der Waals surface area contributed by atoms with Gasteiger partial charge in [-0.25, -0.2) is 4.39 Å². The monoisotopic (exact) mass is 209 g/mol. The third-order valence-electron chi connectivity index (χ3n) is 2.68. The Morgan fingerprint density at radius 3 is 2.93 bits per heavy atom. The Balaban J connectivity index is 2.51. The van der Waals surface area contributed by atoms with Crippen LogP contribution in [0, 0.1) is 5.82 Å². The molecule has 1 aromatic carbocycles. The lowest BCUT2D eigenvalue weighted by Crippen LogP contribution is -2.16. The minimum Gasteiger partial charge on any atom is -0.492 e. The van der Waals surface area contributed by atoms with E-state index in [4.69, 9.17) is 4.74 Å². The van der Waals surface area contributed by atoms with Crippen LogP contribution in [0.1, 0.15) is 30.9 Å². The van der Waals surface area contributed by atoms with Crippen LogP contribution in [0.15, 0.2) is 12.1 Å². The van der Waals surface area contributed by atoms with E-state index in [0.717, 1.165) is 17.9 Å². The molecule has 15 heavy (non-hydrogen) atoms. The van der Waals surface area contributed by atoms with Gasteiger partial charge in [-0.1, -0.05) is 19.9 Å². The Morgan fingerprint density at radius 2 is 2.20 bits per heavy atom. The van der Waals surface area contributed by atoms with Crippen LogP contribution in [-0.2, 0) is 6.54 Å². The predicted molar refractivity (Wildman–Crippen MR) is 57.7 cm³/mol. The van der Waals surface area contributed by atoms with Gasteiger partial charge in [0, 0.05) is 18.7 Å². The summed E-state index contributed by atoms with van der Waals surface area (Å²) in [7, 11) is 0. The van der Waals surface area contributed by atoms with Crippen LogP contribution >= 0.6 is 0 Å². The highest BCUT2D eigenvalue weighted by atomic mass is 19.1. The van der Waals surface area contributed by atoms with Gasteiger partial charge in [0.2, 0.25) is 0 Å². The van der Waals surface area contributed by atoms with Crippen LogP contribution in [-0.4, -0.2) is 13.2 Å². The van der Waals surface area contributed by atoms with Crippen molar-refractivity contribution in [2.75, 3.05) is 13.2 Å². The zero-order chi connectivity index (χ0) is 10.8. The number of halogens is 1. The number of nitrogens with one attached hydrogen (secondary N) is 1. The number of rotatable bonds is 1. The van der Waals surface area contributed by atoms with Gasteiger partial charge in [-0.3, -0.25) is 0 Å². The standard InChI is InChI=1S/C12H16FNO/c1-8(2)9-3-4-11(13)10-7-14-5-6-15-12(9)10/h3-4,8,14H,5-7H2,1-2H3. The van der Waals surface area contributed by atoms with Crippen molar-refractivity contribution in [1.82, 2.24) is 5.32 Å². The van der Waals surface area contributed by atoms with Crippen LogP contribution < -0.4 is 10.1 Å². The fraction of sp³-hybridized carbons (Fsp3) is 0.500. The molecule has 1 aromatic rings. The van der Waals surface area contributed by atoms with Crippen molar-refractivity contribution in [2.45, 2.75) is 26.3 Å². The van der Waals surface area contributed by atoms with E-state index in [9.17, 15) is 4.39 Å². The van der Waals surface area contributed by atoms with Crippen LogP contribution in [0.5, 0.6) is 5.75 Å². The van der Waals surface area contributed by atoms with Crippen LogP contribution in [0.4, 0.5) is 4.39 Å². The van der Waals surface area contributed by atoms with Gasteiger partial charge in [-0.05, 0) is 17.5 Å². The van der Waals surface area contributed by atoms with E-state index in [2.05, 4.69) is 19.2 Å². The van der Waals surface area contributed by atoms with Crippen molar-refractivity contribution in [3.05, 3.63) is 29.1 Å². The third-order valence-corrected chi connectivity index (χ3v) is 2.68. The Kier molecular flexibility index (Phi) is 2.91. The molecule has 0 aliphatic carbocycles. The van der Waals surface area contributed by atoms with Gasteiger partial charge >= 0.3 is 0 Å². The zero-order valence-corrected chi connectivity index (χ0v) is 9.14. The van der Waals surface area contributed by atoms with Crippen molar-refractivity contribution in [3.8, 4) is 5.75 Å². The molecule has 2 nitrogen and oxygen atoms in total. The highest BCUT2D eigenvalue weighted by Crippen LogP contribution is 2.32. The van der Waals surface area contributed by atoms with Crippen molar-refractivity contribution in [1.29, 1.82) is 0 Å². The largest absolute Gasteiger partial charge is 0.492 e. The summed E-state index contributed by atoms with van der Waals surface area (Å²) in [6.07, 6.45) is 0. The summed E-state index contributed by atoms with van der Waals surface area (Å²) in [5.74, 6) is 0.927. The van der Waals surface area contributed by atoms with Crippen LogP contribution in [0.25, 0.3) is 0 Å². The summed E-state index contributed by atoms with van der Waals surface area (Å²) in [6, 6.07) is 3.36. The SMILES string of the molecule is CC(C)c1ccc(F)c2c1OCCNC2. The first kappa shape index (κ1) is 10.4. The molecule has 0 saturated heterocycles. The first-order valence-corrected chi connectivity index (χ1v) is 5.35. The van der Waals surface area contributed by atoms with Gasteiger partial charge < -0.3 is 10.1 Å². The topological polar surface area (TPSA) is 21.3 Å². The highest BCUT2D eigenvalue weighted by Gasteiger charge is 2.18. The van der Waals surface area contributed by atoms with E-state index < -0.39 is 0 Å². The number of ether oxygens (including phenoxy) is 1. The summed E-state index contributed by atoms with van der Waals surface area (Å²) in [4.78, 5) is 0. The third kappa shape index (κ3) is 1.97. The van der Waals surface area contributed by atoms with Gasteiger partial charge in [0.05, 0.1) is 0 Å². The molecule has 1 heterocycles. The summed E-state index contributed by atoms with van der Waals surface area (Å²) in [5.41, 5.74) is 1.76. The van der Waals surface area contributed by atoms with E-state index in [1.807, 2.05) is 6.07 Å². The van der Waals surface area contributed by atoms with E-state index in [1.165, 1.54) is 6.07 Å². The Hall–Kier alpha value is -1.09. The molecule has 0 aromatic heterocycles. The molecular formula is C12H16FNO. The molecule has 1 N–H and O–H groups in total. The molecule has 3 heteroatoms. The molecule has 0 atom stereocenters. The van der Waals surface area contributed by atoms with Crippen molar-refractivity contribution < 1.29 is 9.13 Å². The fourth-order valence-electron chi connectivity index (χ4n) is 1.85. The van der Waals surface area contributed by atoms with E-state index in [0.29, 0.717) is 24.6 Å². The number of fused-ring (bicyclic) bond motifs is 1. The summed E-state index contributed by atoms with van der Waals surface area (Å²) in [6.45, 7) is 6.12.